The van der Waals surface area contributed by atoms with Crippen LogP contribution in [0.15, 0.2) is 54.6 Å². The lowest BCUT2D eigenvalue weighted by atomic mass is 10.2. The van der Waals surface area contributed by atoms with E-state index in [4.69, 9.17) is 11.6 Å². The average molecular weight is 412 g/mol. The van der Waals surface area contributed by atoms with Crippen LogP contribution in [0, 0.1) is 13.8 Å². The van der Waals surface area contributed by atoms with Crippen molar-refractivity contribution < 1.29 is 9.59 Å². The summed E-state index contributed by atoms with van der Waals surface area (Å²) in [5.41, 5.74) is 4.30. The van der Waals surface area contributed by atoms with E-state index in [1.54, 1.807) is 30.3 Å². The summed E-state index contributed by atoms with van der Waals surface area (Å²) in [6.07, 6.45) is 0. The molecule has 0 aliphatic carbocycles. The van der Waals surface area contributed by atoms with Crippen LogP contribution in [0.5, 0.6) is 0 Å². The molecule has 3 N–H and O–H groups in total. The number of amides is 3. The Bertz CT molecular complexity index is 1010. The molecule has 1 heterocycles. The summed E-state index contributed by atoms with van der Waals surface area (Å²) in [5, 5.41) is 13.0. The van der Waals surface area contributed by atoms with Crippen molar-refractivity contribution in [3.05, 3.63) is 76.6 Å². The van der Waals surface area contributed by atoms with Crippen molar-refractivity contribution in [2.24, 2.45) is 0 Å². The minimum Gasteiger partial charge on any atom is -0.329 e. The molecule has 150 valence electrons. The second-order valence-electron chi connectivity index (χ2n) is 6.65. The number of aryl methyl sites for hydroxylation is 2. The van der Waals surface area contributed by atoms with Gasteiger partial charge in [-0.1, -0.05) is 23.7 Å². The SMILES string of the molecule is Cc1cc(C)n(Cc2cccc(NC(=O)NCC(=O)Nc3ccc(Cl)cc3)c2)n1. The third kappa shape index (κ3) is 6.08. The number of anilines is 2. The Morgan fingerprint density at radius 2 is 1.76 bits per heavy atom. The molecule has 0 saturated heterocycles. The van der Waals surface area contributed by atoms with Crippen molar-refractivity contribution in [2.75, 3.05) is 17.2 Å². The third-order valence-corrected chi connectivity index (χ3v) is 4.41. The van der Waals surface area contributed by atoms with E-state index < -0.39 is 6.03 Å². The number of carbonyl (C=O) groups excluding carboxylic acids is 2. The van der Waals surface area contributed by atoms with E-state index in [0.29, 0.717) is 22.9 Å². The first-order valence-electron chi connectivity index (χ1n) is 9.09. The Balaban J connectivity index is 1.50. The Labute approximate surface area is 174 Å². The first kappa shape index (κ1) is 20.4. The fourth-order valence-corrected chi connectivity index (χ4v) is 2.96. The number of rotatable bonds is 6. The van der Waals surface area contributed by atoms with Crippen LogP contribution in [0.1, 0.15) is 17.0 Å². The fourth-order valence-electron chi connectivity index (χ4n) is 2.83. The van der Waals surface area contributed by atoms with E-state index in [2.05, 4.69) is 21.0 Å². The monoisotopic (exact) mass is 411 g/mol. The van der Waals surface area contributed by atoms with Crippen LogP contribution in [0.2, 0.25) is 5.02 Å². The maximum Gasteiger partial charge on any atom is 0.319 e. The maximum absolute atomic E-state index is 12.1. The summed E-state index contributed by atoms with van der Waals surface area (Å²) in [6, 6.07) is 15.8. The highest BCUT2D eigenvalue weighted by atomic mass is 35.5. The van der Waals surface area contributed by atoms with Crippen LogP contribution < -0.4 is 16.0 Å². The van der Waals surface area contributed by atoms with Gasteiger partial charge in [0.25, 0.3) is 0 Å². The lowest BCUT2D eigenvalue weighted by Crippen LogP contribution is -2.35. The third-order valence-electron chi connectivity index (χ3n) is 4.16. The molecule has 3 rings (SSSR count). The lowest BCUT2D eigenvalue weighted by molar-refractivity contribution is -0.115. The van der Waals surface area contributed by atoms with Crippen LogP contribution in [-0.2, 0) is 11.3 Å². The number of halogens is 1. The van der Waals surface area contributed by atoms with Gasteiger partial charge >= 0.3 is 6.03 Å². The van der Waals surface area contributed by atoms with Gasteiger partial charge in [-0.15, -0.1) is 0 Å². The number of hydrogen-bond donors (Lipinski definition) is 3. The Hall–Kier alpha value is -3.32. The molecule has 0 aliphatic rings. The molecule has 0 fully saturated rings. The standard InChI is InChI=1S/C21H22ClN5O2/c1-14-10-15(2)27(26-14)13-16-4-3-5-19(11-16)25-21(29)23-12-20(28)24-18-8-6-17(22)7-9-18/h3-11H,12-13H2,1-2H3,(H,24,28)(H2,23,25,29). The van der Waals surface area contributed by atoms with Crippen molar-refractivity contribution in [3.8, 4) is 0 Å². The number of aromatic nitrogens is 2. The Morgan fingerprint density at radius 1 is 1.00 bits per heavy atom. The predicted molar refractivity (Wildman–Crippen MR) is 114 cm³/mol. The van der Waals surface area contributed by atoms with Gasteiger partial charge in [0.05, 0.1) is 18.8 Å². The second kappa shape index (κ2) is 9.25. The van der Waals surface area contributed by atoms with Crippen molar-refractivity contribution >= 4 is 34.9 Å². The highest BCUT2D eigenvalue weighted by Gasteiger charge is 2.08. The quantitative estimate of drug-likeness (QED) is 0.573. The molecule has 0 aliphatic heterocycles. The fraction of sp³-hybridized carbons (Fsp3) is 0.190. The van der Waals surface area contributed by atoms with Crippen LogP contribution in [0.25, 0.3) is 0 Å². The van der Waals surface area contributed by atoms with Crippen molar-refractivity contribution in [2.45, 2.75) is 20.4 Å². The van der Waals surface area contributed by atoms with Crippen molar-refractivity contribution in [1.29, 1.82) is 0 Å². The molecule has 0 atom stereocenters. The van der Waals surface area contributed by atoms with Gasteiger partial charge in [0.15, 0.2) is 0 Å². The maximum atomic E-state index is 12.1. The van der Waals surface area contributed by atoms with Gasteiger partial charge in [0.1, 0.15) is 0 Å². The average Bonchev–Trinajstić information content (AvgIpc) is 2.99. The van der Waals surface area contributed by atoms with E-state index in [0.717, 1.165) is 17.0 Å². The van der Waals surface area contributed by atoms with Gasteiger partial charge < -0.3 is 16.0 Å². The zero-order valence-electron chi connectivity index (χ0n) is 16.2. The molecule has 0 unspecified atom stereocenters. The predicted octanol–water partition coefficient (Wildman–Crippen LogP) is 3.96. The normalized spacial score (nSPS) is 10.4. The van der Waals surface area contributed by atoms with Gasteiger partial charge in [-0.2, -0.15) is 5.10 Å². The van der Waals surface area contributed by atoms with E-state index in [9.17, 15) is 9.59 Å². The molecule has 8 heteroatoms. The van der Waals surface area contributed by atoms with Gasteiger partial charge in [-0.3, -0.25) is 9.48 Å². The molecule has 3 amide bonds. The summed E-state index contributed by atoms with van der Waals surface area (Å²) in [5.74, 6) is -0.333. The topological polar surface area (TPSA) is 88.0 Å². The molecule has 2 aromatic carbocycles. The highest BCUT2D eigenvalue weighted by Crippen LogP contribution is 2.14. The summed E-state index contributed by atoms with van der Waals surface area (Å²) < 4.78 is 1.91. The molecule has 0 radical (unpaired) electrons. The number of benzene rings is 2. The van der Waals surface area contributed by atoms with Crippen molar-refractivity contribution in [1.82, 2.24) is 15.1 Å². The first-order chi connectivity index (χ1) is 13.9. The lowest BCUT2D eigenvalue weighted by Gasteiger charge is -2.10. The summed E-state index contributed by atoms with van der Waals surface area (Å²) in [6.45, 7) is 4.42. The van der Waals surface area contributed by atoms with Crippen molar-refractivity contribution in [3.63, 3.8) is 0 Å². The molecular formula is C21H22ClN5O2. The highest BCUT2D eigenvalue weighted by molar-refractivity contribution is 6.30. The van der Waals surface area contributed by atoms with Gasteiger partial charge in [-0.05, 0) is 61.9 Å². The number of carbonyl (C=O) groups is 2. The van der Waals surface area contributed by atoms with Gasteiger partial charge in [0, 0.05) is 22.1 Å². The number of urea groups is 1. The zero-order valence-corrected chi connectivity index (χ0v) is 17.0. The molecule has 29 heavy (non-hydrogen) atoms. The Morgan fingerprint density at radius 3 is 2.45 bits per heavy atom. The number of hydrogen-bond acceptors (Lipinski definition) is 3. The molecule has 1 aromatic heterocycles. The molecule has 0 bridgehead atoms. The Kier molecular flexibility index (Phi) is 6.51. The molecular weight excluding hydrogens is 390 g/mol. The number of nitrogens with one attached hydrogen (secondary N) is 3. The van der Waals surface area contributed by atoms with Gasteiger partial charge in [0.2, 0.25) is 5.91 Å². The van der Waals surface area contributed by atoms with Crippen LogP contribution in [0.3, 0.4) is 0 Å². The second-order valence-corrected chi connectivity index (χ2v) is 7.08. The molecule has 0 spiro atoms. The first-order valence-corrected chi connectivity index (χ1v) is 9.47. The molecule has 3 aromatic rings. The van der Waals surface area contributed by atoms with Gasteiger partial charge in [-0.25, -0.2) is 4.79 Å². The minimum atomic E-state index is -0.459. The largest absolute Gasteiger partial charge is 0.329 e. The summed E-state index contributed by atoms with van der Waals surface area (Å²) >= 11 is 5.81. The summed E-state index contributed by atoms with van der Waals surface area (Å²) in [4.78, 5) is 24.1. The zero-order chi connectivity index (χ0) is 20.8. The summed E-state index contributed by atoms with van der Waals surface area (Å²) in [7, 11) is 0. The van der Waals surface area contributed by atoms with Crippen LogP contribution in [-0.4, -0.2) is 28.3 Å². The molecule has 7 nitrogen and oxygen atoms in total. The van der Waals surface area contributed by atoms with E-state index in [-0.39, 0.29) is 12.5 Å². The minimum absolute atomic E-state index is 0.153. The van der Waals surface area contributed by atoms with E-state index in [1.165, 1.54) is 0 Å². The number of nitrogens with zero attached hydrogens (tertiary/aromatic N) is 2. The van der Waals surface area contributed by atoms with Crippen LogP contribution in [0.4, 0.5) is 16.2 Å². The van der Waals surface area contributed by atoms with Crippen LogP contribution >= 0.6 is 11.6 Å². The smallest absolute Gasteiger partial charge is 0.319 e. The van der Waals surface area contributed by atoms with E-state index >= 15 is 0 Å². The molecule has 0 saturated carbocycles. The van der Waals surface area contributed by atoms with E-state index in [1.807, 2.05) is 42.8 Å².